The van der Waals surface area contributed by atoms with Crippen molar-refractivity contribution < 1.29 is 9.84 Å². The third kappa shape index (κ3) is 2.30. The van der Waals surface area contributed by atoms with E-state index in [1.54, 1.807) is 0 Å². The van der Waals surface area contributed by atoms with E-state index in [9.17, 15) is 5.11 Å². The average Bonchev–Trinajstić information content (AvgIpc) is 2.73. The van der Waals surface area contributed by atoms with Gasteiger partial charge in [-0.1, -0.05) is 19.9 Å². The van der Waals surface area contributed by atoms with Crippen molar-refractivity contribution in [2.45, 2.75) is 84.5 Å². The third-order valence-corrected chi connectivity index (χ3v) is 6.60. The lowest BCUT2D eigenvalue weighted by Crippen LogP contribution is -2.52. The Morgan fingerprint density at radius 3 is 2.52 bits per heavy atom. The predicted molar refractivity (Wildman–Crippen MR) is 86.1 cm³/mol. The molecular weight excluding hydrogens is 260 g/mol. The van der Waals surface area contributed by atoms with Gasteiger partial charge in [0.25, 0.3) is 0 Å². The van der Waals surface area contributed by atoms with E-state index >= 15 is 0 Å². The molecule has 120 valence electrons. The molecule has 0 saturated heterocycles. The van der Waals surface area contributed by atoms with Gasteiger partial charge in [0.05, 0.1) is 17.3 Å². The monoisotopic (exact) mass is 292 g/mol. The van der Waals surface area contributed by atoms with E-state index in [2.05, 4.69) is 47.6 Å². The summed E-state index contributed by atoms with van der Waals surface area (Å²) in [7, 11) is 0. The molecule has 2 saturated carbocycles. The maximum Gasteiger partial charge on any atom is 0.0890 e. The van der Waals surface area contributed by atoms with Gasteiger partial charge in [0, 0.05) is 0 Å². The second-order valence-corrected chi connectivity index (χ2v) is 9.15. The fraction of sp³-hybridized carbons (Fsp3) is 0.895. The molecule has 2 heteroatoms. The van der Waals surface area contributed by atoms with Crippen LogP contribution in [0.2, 0.25) is 0 Å². The fourth-order valence-electron chi connectivity index (χ4n) is 5.43. The van der Waals surface area contributed by atoms with Crippen LogP contribution in [-0.4, -0.2) is 22.4 Å². The van der Waals surface area contributed by atoms with Gasteiger partial charge < -0.3 is 9.84 Å². The zero-order valence-corrected chi connectivity index (χ0v) is 14.6. The second kappa shape index (κ2) is 4.58. The number of aliphatic hydroxyl groups is 1. The van der Waals surface area contributed by atoms with Crippen molar-refractivity contribution >= 4 is 0 Å². The van der Waals surface area contributed by atoms with Crippen LogP contribution in [0.4, 0.5) is 0 Å². The van der Waals surface area contributed by atoms with Crippen LogP contribution < -0.4 is 0 Å². The summed E-state index contributed by atoms with van der Waals surface area (Å²) < 4.78 is 6.42. The molecule has 21 heavy (non-hydrogen) atoms. The Hall–Kier alpha value is -0.340. The minimum absolute atomic E-state index is 0.0776. The molecule has 2 nitrogen and oxygen atoms in total. The maximum absolute atomic E-state index is 11.2. The van der Waals surface area contributed by atoms with Gasteiger partial charge >= 0.3 is 0 Å². The number of ether oxygens (including phenoxy) is 1. The van der Waals surface area contributed by atoms with Gasteiger partial charge in [0.15, 0.2) is 0 Å². The molecule has 0 spiro atoms. The van der Waals surface area contributed by atoms with Crippen LogP contribution in [0.1, 0.15) is 67.2 Å². The molecule has 0 aliphatic heterocycles. The summed E-state index contributed by atoms with van der Waals surface area (Å²) in [5.41, 5.74) is 0.824. The molecule has 0 heterocycles. The summed E-state index contributed by atoms with van der Waals surface area (Å²) in [6.07, 6.45) is 7.04. The molecule has 0 aromatic carbocycles. The number of allylic oxidation sites excluding steroid dienone is 1. The minimum Gasteiger partial charge on any atom is -0.385 e. The highest BCUT2D eigenvalue weighted by atomic mass is 16.5. The molecule has 6 atom stereocenters. The van der Waals surface area contributed by atoms with Crippen molar-refractivity contribution in [3.05, 3.63) is 11.6 Å². The van der Waals surface area contributed by atoms with Crippen LogP contribution in [0.25, 0.3) is 0 Å². The van der Waals surface area contributed by atoms with Gasteiger partial charge in [-0.15, -0.1) is 0 Å². The number of rotatable bonds is 1. The van der Waals surface area contributed by atoms with Crippen molar-refractivity contribution in [1.29, 1.82) is 0 Å². The lowest BCUT2D eigenvalue weighted by Gasteiger charge is -2.51. The topological polar surface area (TPSA) is 29.5 Å². The van der Waals surface area contributed by atoms with Gasteiger partial charge in [-0.05, 0) is 82.1 Å². The van der Waals surface area contributed by atoms with Crippen molar-refractivity contribution in [3.8, 4) is 0 Å². The third-order valence-electron chi connectivity index (χ3n) is 6.60. The zero-order valence-electron chi connectivity index (χ0n) is 14.6. The number of fused-ring (bicyclic) bond motifs is 2. The largest absolute Gasteiger partial charge is 0.385 e. The Bertz CT molecular complexity index is 461. The zero-order chi connectivity index (χ0) is 15.6. The van der Waals surface area contributed by atoms with Crippen molar-refractivity contribution in [3.63, 3.8) is 0 Å². The van der Waals surface area contributed by atoms with E-state index in [4.69, 9.17) is 4.74 Å². The SMILES string of the molecule is CC1=C[C@@H](C)[C@@H]2C[C@@]3(C)[C@@H](CC[C@@H]3OC(C)(C)C)C[C@@]12O. The first-order valence-electron chi connectivity index (χ1n) is 8.65. The smallest absolute Gasteiger partial charge is 0.0890 e. The Labute approximate surface area is 130 Å². The van der Waals surface area contributed by atoms with E-state index in [0.29, 0.717) is 23.9 Å². The molecule has 0 amide bonds. The Kier molecular flexibility index (Phi) is 3.39. The van der Waals surface area contributed by atoms with E-state index < -0.39 is 5.60 Å². The van der Waals surface area contributed by atoms with Gasteiger partial charge in [-0.2, -0.15) is 0 Å². The Morgan fingerprint density at radius 1 is 1.24 bits per heavy atom. The summed E-state index contributed by atoms with van der Waals surface area (Å²) in [6.45, 7) is 13.3. The molecular formula is C19H32O2. The van der Waals surface area contributed by atoms with Gasteiger partial charge in [-0.25, -0.2) is 0 Å². The van der Waals surface area contributed by atoms with Crippen molar-refractivity contribution in [2.75, 3.05) is 0 Å². The van der Waals surface area contributed by atoms with Crippen LogP contribution in [-0.2, 0) is 4.74 Å². The van der Waals surface area contributed by atoms with Crippen molar-refractivity contribution in [1.82, 2.24) is 0 Å². The fourth-order valence-corrected chi connectivity index (χ4v) is 5.43. The maximum atomic E-state index is 11.2. The Balaban J connectivity index is 1.87. The van der Waals surface area contributed by atoms with Crippen LogP contribution in [0.3, 0.4) is 0 Å². The minimum atomic E-state index is -0.541. The molecule has 0 aromatic rings. The average molecular weight is 292 g/mol. The molecule has 2 fully saturated rings. The molecule has 3 aliphatic rings. The standard InChI is InChI=1S/C19H32O2/c1-12-9-13(2)19(20)10-14-7-8-16(21-17(3,4)5)18(14,6)11-15(12)19/h9,12,14-16,20H,7-8,10-11H2,1-6H3/t12-,14+,15+,16+,18+,19-/m1/s1. The predicted octanol–water partition coefficient (Wildman–Crippen LogP) is 4.32. The normalized spacial score (nSPS) is 49.8. The highest BCUT2D eigenvalue weighted by Crippen LogP contribution is 2.62. The molecule has 3 aliphatic carbocycles. The van der Waals surface area contributed by atoms with Crippen LogP contribution >= 0.6 is 0 Å². The lowest BCUT2D eigenvalue weighted by atomic mass is 9.57. The molecule has 1 N–H and O–H groups in total. The summed E-state index contributed by atoms with van der Waals surface area (Å²) >= 11 is 0. The lowest BCUT2D eigenvalue weighted by molar-refractivity contribution is -0.150. The summed E-state index contributed by atoms with van der Waals surface area (Å²) in [6, 6.07) is 0. The summed E-state index contributed by atoms with van der Waals surface area (Å²) in [4.78, 5) is 0. The quantitative estimate of drug-likeness (QED) is 0.729. The highest BCUT2D eigenvalue weighted by molar-refractivity contribution is 5.29. The number of hydrogen-bond donors (Lipinski definition) is 1. The van der Waals surface area contributed by atoms with E-state index in [0.717, 1.165) is 19.3 Å². The van der Waals surface area contributed by atoms with Gasteiger partial charge in [-0.3, -0.25) is 0 Å². The summed E-state index contributed by atoms with van der Waals surface area (Å²) in [5.74, 6) is 1.46. The van der Waals surface area contributed by atoms with E-state index in [1.807, 2.05) is 0 Å². The van der Waals surface area contributed by atoms with E-state index in [1.165, 1.54) is 12.0 Å². The molecule has 0 radical (unpaired) electrons. The highest BCUT2D eigenvalue weighted by Gasteiger charge is 2.60. The van der Waals surface area contributed by atoms with Crippen LogP contribution in [0.5, 0.6) is 0 Å². The second-order valence-electron chi connectivity index (χ2n) is 9.15. The van der Waals surface area contributed by atoms with Gasteiger partial charge in [0.1, 0.15) is 0 Å². The molecule has 0 unspecified atom stereocenters. The summed E-state index contributed by atoms with van der Waals surface area (Å²) in [5, 5.41) is 11.2. The van der Waals surface area contributed by atoms with Gasteiger partial charge in [0.2, 0.25) is 0 Å². The number of hydrogen-bond acceptors (Lipinski definition) is 2. The molecule has 0 aromatic heterocycles. The molecule has 0 bridgehead atoms. The Morgan fingerprint density at radius 2 is 1.90 bits per heavy atom. The van der Waals surface area contributed by atoms with Crippen LogP contribution in [0.15, 0.2) is 11.6 Å². The first kappa shape index (κ1) is 15.6. The molecule has 3 rings (SSSR count). The first-order valence-corrected chi connectivity index (χ1v) is 8.65. The van der Waals surface area contributed by atoms with Crippen LogP contribution in [0, 0.1) is 23.2 Å². The van der Waals surface area contributed by atoms with Crippen molar-refractivity contribution in [2.24, 2.45) is 23.2 Å². The first-order chi connectivity index (χ1) is 9.56. The van der Waals surface area contributed by atoms with E-state index in [-0.39, 0.29) is 11.0 Å².